The normalized spacial score (nSPS) is 18.5. The molecule has 0 bridgehead atoms. The van der Waals surface area contributed by atoms with E-state index in [1.807, 2.05) is 31.2 Å². The maximum atomic E-state index is 13.3. The van der Waals surface area contributed by atoms with Gasteiger partial charge >= 0.3 is 0 Å². The zero-order valence-corrected chi connectivity index (χ0v) is 17.5. The first-order chi connectivity index (χ1) is 15.1. The lowest BCUT2D eigenvalue weighted by Crippen LogP contribution is -2.54. The van der Waals surface area contributed by atoms with Crippen molar-refractivity contribution in [2.75, 3.05) is 19.6 Å². The fourth-order valence-electron chi connectivity index (χ4n) is 4.37. The molecule has 0 spiro atoms. The van der Waals surface area contributed by atoms with Gasteiger partial charge in [0, 0.05) is 43.8 Å². The van der Waals surface area contributed by atoms with E-state index in [4.69, 9.17) is 0 Å². The number of benzene rings is 1. The average molecular weight is 419 g/mol. The van der Waals surface area contributed by atoms with Crippen molar-refractivity contribution in [3.63, 3.8) is 0 Å². The van der Waals surface area contributed by atoms with Crippen molar-refractivity contribution < 1.29 is 9.59 Å². The second-order valence-electron chi connectivity index (χ2n) is 7.90. The van der Waals surface area contributed by atoms with Gasteiger partial charge in [-0.15, -0.1) is 0 Å². The molecule has 8 heteroatoms. The standard InChI is InChI=1S/C23H26N6O2/c1-2-26-22(31)23(9-5-11-29(15-23)21(30)20-8-10-27-28-20)12-17-6-3-4-7-19(17)18-13-24-16-25-14-18/h3-4,6-8,10,13-14,16H,2,5,9,11-12,15H2,1H3,(H,26,31)(H,27,28). The van der Waals surface area contributed by atoms with Crippen LogP contribution in [0.25, 0.3) is 11.1 Å². The van der Waals surface area contributed by atoms with E-state index in [0.717, 1.165) is 23.1 Å². The number of hydrogen-bond acceptors (Lipinski definition) is 5. The molecule has 0 radical (unpaired) electrons. The Hall–Kier alpha value is -3.55. The van der Waals surface area contributed by atoms with Crippen molar-refractivity contribution in [1.29, 1.82) is 0 Å². The summed E-state index contributed by atoms with van der Waals surface area (Å²) in [5.41, 5.74) is 2.68. The summed E-state index contributed by atoms with van der Waals surface area (Å²) in [6.45, 7) is 3.43. The van der Waals surface area contributed by atoms with Gasteiger partial charge in [-0.1, -0.05) is 24.3 Å². The average Bonchev–Trinajstić information content (AvgIpc) is 3.35. The summed E-state index contributed by atoms with van der Waals surface area (Å²) in [5.74, 6) is -0.146. The van der Waals surface area contributed by atoms with Crippen LogP contribution in [0.15, 0.2) is 55.2 Å². The van der Waals surface area contributed by atoms with Crippen molar-refractivity contribution in [2.24, 2.45) is 5.41 Å². The Morgan fingerprint density at radius 3 is 2.74 bits per heavy atom. The van der Waals surface area contributed by atoms with E-state index in [2.05, 4.69) is 25.5 Å². The Morgan fingerprint density at radius 1 is 1.19 bits per heavy atom. The fourth-order valence-corrected chi connectivity index (χ4v) is 4.37. The van der Waals surface area contributed by atoms with Crippen LogP contribution in [0.2, 0.25) is 0 Å². The summed E-state index contributed by atoms with van der Waals surface area (Å²) >= 11 is 0. The minimum absolute atomic E-state index is 0.0174. The molecule has 0 saturated carbocycles. The number of hydrogen-bond donors (Lipinski definition) is 2. The van der Waals surface area contributed by atoms with Crippen LogP contribution in [0.4, 0.5) is 0 Å². The second-order valence-corrected chi connectivity index (χ2v) is 7.90. The van der Waals surface area contributed by atoms with Gasteiger partial charge in [0.25, 0.3) is 5.91 Å². The molecule has 1 aromatic carbocycles. The van der Waals surface area contributed by atoms with Crippen LogP contribution in [0.5, 0.6) is 0 Å². The molecule has 1 saturated heterocycles. The Kier molecular flexibility index (Phi) is 6.06. The van der Waals surface area contributed by atoms with Crippen LogP contribution in [0.3, 0.4) is 0 Å². The zero-order chi connectivity index (χ0) is 21.7. The number of nitrogens with one attached hydrogen (secondary N) is 2. The molecule has 1 fully saturated rings. The van der Waals surface area contributed by atoms with Gasteiger partial charge in [-0.05, 0) is 43.4 Å². The van der Waals surface area contributed by atoms with Crippen LogP contribution in [-0.2, 0) is 11.2 Å². The van der Waals surface area contributed by atoms with E-state index in [0.29, 0.717) is 38.2 Å². The molecule has 160 valence electrons. The maximum absolute atomic E-state index is 13.3. The van der Waals surface area contributed by atoms with Crippen LogP contribution < -0.4 is 5.32 Å². The highest BCUT2D eigenvalue weighted by Crippen LogP contribution is 2.37. The lowest BCUT2D eigenvalue weighted by atomic mass is 9.73. The predicted molar refractivity (Wildman–Crippen MR) is 116 cm³/mol. The molecule has 2 amide bonds. The van der Waals surface area contributed by atoms with E-state index in [1.165, 1.54) is 6.33 Å². The lowest BCUT2D eigenvalue weighted by Gasteiger charge is -2.42. The van der Waals surface area contributed by atoms with E-state index < -0.39 is 5.41 Å². The number of rotatable bonds is 6. The van der Waals surface area contributed by atoms with E-state index in [-0.39, 0.29) is 11.8 Å². The summed E-state index contributed by atoms with van der Waals surface area (Å²) in [5, 5.41) is 9.64. The Labute approximate surface area is 181 Å². The smallest absolute Gasteiger partial charge is 0.271 e. The minimum atomic E-state index is -0.713. The van der Waals surface area contributed by atoms with Crippen LogP contribution in [0, 0.1) is 5.41 Å². The third-order valence-corrected chi connectivity index (χ3v) is 5.83. The molecular formula is C23H26N6O2. The SMILES string of the molecule is CCNC(=O)C1(Cc2ccccc2-c2cncnc2)CCCN(C(=O)c2ccn[nH]2)C1. The molecule has 1 aliphatic rings. The second kappa shape index (κ2) is 9.07. The van der Waals surface area contributed by atoms with Crippen LogP contribution in [-0.4, -0.2) is 56.5 Å². The Bertz CT molecular complexity index is 1040. The minimum Gasteiger partial charge on any atom is -0.356 e. The van der Waals surface area contributed by atoms with Gasteiger partial charge in [-0.3, -0.25) is 14.7 Å². The largest absolute Gasteiger partial charge is 0.356 e. The van der Waals surface area contributed by atoms with E-state index >= 15 is 0 Å². The summed E-state index contributed by atoms with van der Waals surface area (Å²) < 4.78 is 0. The van der Waals surface area contributed by atoms with E-state index in [9.17, 15) is 9.59 Å². The topological polar surface area (TPSA) is 104 Å². The van der Waals surface area contributed by atoms with Gasteiger partial charge in [0.15, 0.2) is 0 Å². The number of piperidine rings is 1. The molecule has 1 aliphatic heterocycles. The third-order valence-electron chi connectivity index (χ3n) is 5.83. The van der Waals surface area contributed by atoms with Crippen LogP contribution >= 0.6 is 0 Å². The lowest BCUT2D eigenvalue weighted by molar-refractivity contribution is -0.133. The number of aromatic amines is 1. The first-order valence-electron chi connectivity index (χ1n) is 10.5. The first kappa shape index (κ1) is 20.7. The molecular weight excluding hydrogens is 392 g/mol. The number of carbonyl (C=O) groups excluding carboxylic acids is 2. The van der Waals surface area contributed by atoms with Crippen molar-refractivity contribution in [3.8, 4) is 11.1 Å². The number of likely N-dealkylation sites (tertiary alicyclic amines) is 1. The molecule has 0 aliphatic carbocycles. The summed E-state index contributed by atoms with van der Waals surface area (Å²) in [6, 6.07) is 9.67. The van der Waals surface area contributed by atoms with Gasteiger partial charge in [-0.25, -0.2) is 9.97 Å². The van der Waals surface area contributed by atoms with Crippen molar-refractivity contribution >= 4 is 11.8 Å². The molecule has 1 atom stereocenters. The van der Waals surface area contributed by atoms with Crippen molar-refractivity contribution in [3.05, 3.63) is 66.5 Å². The number of H-pyrrole nitrogens is 1. The highest BCUT2D eigenvalue weighted by molar-refractivity contribution is 5.93. The molecule has 3 heterocycles. The quantitative estimate of drug-likeness (QED) is 0.640. The molecule has 31 heavy (non-hydrogen) atoms. The fraction of sp³-hybridized carbons (Fsp3) is 0.348. The first-order valence-corrected chi connectivity index (χ1v) is 10.5. The number of nitrogens with zero attached hydrogens (tertiary/aromatic N) is 4. The maximum Gasteiger partial charge on any atom is 0.271 e. The molecule has 4 rings (SSSR count). The molecule has 8 nitrogen and oxygen atoms in total. The predicted octanol–water partition coefficient (Wildman–Crippen LogP) is 2.47. The van der Waals surface area contributed by atoms with Gasteiger partial charge in [0.2, 0.25) is 5.91 Å². The highest BCUT2D eigenvalue weighted by Gasteiger charge is 2.44. The molecule has 2 N–H and O–H groups in total. The Balaban J connectivity index is 1.68. The molecule has 1 unspecified atom stereocenters. The zero-order valence-electron chi connectivity index (χ0n) is 17.5. The Morgan fingerprint density at radius 2 is 2.00 bits per heavy atom. The summed E-state index contributed by atoms with van der Waals surface area (Å²) in [6.07, 6.45) is 8.61. The monoisotopic (exact) mass is 418 g/mol. The summed E-state index contributed by atoms with van der Waals surface area (Å²) in [7, 11) is 0. The van der Waals surface area contributed by atoms with Crippen molar-refractivity contribution in [2.45, 2.75) is 26.2 Å². The van der Waals surface area contributed by atoms with Crippen LogP contribution in [0.1, 0.15) is 35.8 Å². The summed E-state index contributed by atoms with van der Waals surface area (Å²) in [4.78, 5) is 36.4. The molecule has 2 aromatic heterocycles. The van der Waals surface area contributed by atoms with Gasteiger partial charge in [-0.2, -0.15) is 5.10 Å². The molecule has 3 aromatic rings. The number of carbonyl (C=O) groups is 2. The number of aromatic nitrogens is 4. The third kappa shape index (κ3) is 4.33. The van der Waals surface area contributed by atoms with Crippen molar-refractivity contribution in [1.82, 2.24) is 30.4 Å². The van der Waals surface area contributed by atoms with E-state index in [1.54, 1.807) is 29.6 Å². The van der Waals surface area contributed by atoms with Gasteiger partial charge in [0.05, 0.1) is 5.41 Å². The number of amides is 2. The highest BCUT2D eigenvalue weighted by atomic mass is 16.2. The van der Waals surface area contributed by atoms with Gasteiger partial charge in [0.1, 0.15) is 12.0 Å². The van der Waals surface area contributed by atoms with Gasteiger partial charge < -0.3 is 10.2 Å².